The normalized spacial score (nSPS) is 30.0. The Bertz CT molecular complexity index is 531. The Labute approximate surface area is 131 Å². The van der Waals surface area contributed by atoms with E-state index in [1.54, 1.807) is 0 Å². The molecule has 1 aromatic carbocycles. The SMILES string of the molecule is C[C@H](N)[C@@H]1CCCN(C(=O)[C@@H]2C[C@H]2c2ccccc2Cl)C1. The van der Waals surface area contributed by atoms with Gasteiger partial charge in [-0.05, 0) is 49.7 Å². The summed E-state index contributed by atoms with van der Waals surface area (Å²) in [5.41, 5.74) is 7.13. The van der Waals surface area contributed by atoms with Gasteiger partial charge in [0, 0.05) is 30.1 Å². The highest BCUT2D eigenvalue weighted by Gasteiger charge is 2.47. The summed E-state index contributed by atoms with van der Waals surface area (Å²) in [6.45, 7) is 3.75. The van der Waals surface area contributed by atoms with Gasteiger partial charge in [0.05, 0.1) is 0 Å². The van der Waals surface area contributed by atoms with Gasteiger partial charge >= 0.3 is 0 Å². The molecular formula is C17H23ClN2O. The van der Waals surface area contributed by atoms with Crippen LogP contribution in [-0.2, 0) is 4.79 Å². The summed E-state index contributed by atoms with van der Waals surface area (Å²) in [6, 6.07) is 8.04. The molecule has 21 heavy (non-hydrogen) atoms. The molecule has 4 atom stereocenters. The van der Waals surface area contributed by atoms with E-state index in [9.17, 15) is 4.79 Å². The molecule has 4 heteroatoms. The monoisotopic (exact) mass is 306 g/mol. The number of nitrogens with two attached hydrogens (primary N) is 1. The Morgan fingerprint density at radius 1 is 1.43 bits per heavy atom. The van der Waals surface area contributed by atoms with Crippen LogP contribution in [0.3, 0.4) is 0 Å². The lowest BCUT2D eigenvalue weighted by Crippen LogP contribution is -2.45. The number of hydrogen-bond acceptors (Lipinski definition) is 2. The molecule has 1 heterocycles. The largest absolute Gasteiger partial charge is 0.342 e. The molecule has 2 aliphatic rings. The highest BCUT2D eigenvalue weighted by atomic mass is 35.5. The first kappa shape index (κ1) is 14.9. The fourth-order valence-corrected chi connectivity index (χ4v) is 3.74. The summed E-state index contributed by atoms with van der Waals surface area (Å²) in [4.78, 5) is 14.7. The van der Waals surface area contributed by atoms with Crippen molar-refractivity contribution in [2.75, 3.05) is 13.1 Å². The number of halogens is 1. The Balaban J connectivity index is 1.64. The lowest BCUT2D eigenvalue weighted by atomic mass is 9.92. The molecule has 3 rings (SSSR count). The summed E-state index contributed by atoms with van der Waals surface area (Å²) in [6.07, 6.45) is 3.14. The molecule has 0 bridgehead atoms. The van der Waals surface area contributed by atoms with E-state index < -0.39 is 0 Å². The number of piperidine rings is 1. The van der Waals surface area contributed by atoms with Crippen molar-refractivity contribution in [3.05, 3.63) is 34.9 Å². The second kappa shape index (κ2) is 5.98. The number of hydrogen-bond donors (Lipinski definition) is 1. The lowest BCUT2D eigenvalue weighted by molar-refractivity contribution is -0.134. The van der Waals surface area contributed by atoms with Crippen LogP contribution < -0.4 is 5.73 Å². The van der Waals surface area contributed by atoms with Crippen molar-refractivity contribution < 1.29 is 4.79 Å². The predicted molar refractivity (Wildman–Crippen MR) is 85.3 cm³/mol. The third-order valence-corrected chi connectivity index (χ3v) is 5.27. The first-order chi connectivity index (χ1) is 10.1. The number of carbonyl (C=O) groups excluding carboxylic acids is 1. The summed E-state index contributed by atoms with van der Waals surface area (Å²) in [5.74, 6) is 1.17. The Hall–Kier alpha value is -1.06. The van der Waals surface area contributed by atoms with Gasteiger partial charge in [-0.3, -0.25) is 4.79 Å². The van der Waals surface area contributed by atoms with E-state index in [0.717, 1.165) is 42.9 Å². The standard InChI is InChI=1S/C17H23ClN2O/c1-11(19)12-5-4-8-20(10-12)17(21)15-9-14(15)13-6-2-3-7-16(13)18/h2-3,6-7,11-12,14-15H,4-5,8-10,19H2,1H3/t11-,12+,14-,15+/m0/s1. The molecule has 1 aromatic rings. The summed E-state index contributed by atoms with van der Waals surface area (Å²) in [5, 5.41) is 0.782. The lowest BCUT2D eigenvalue weighted by Gasteiger charge is -2.35. The van der Waals surface area contributed by atoms with Crippen molar-refractivity contribution in [2.45, 2.75) is 38.1 Å². The zero-order valence-corrected chi connectivity index (χ0v) is 13.2. The average molecular weight is 307 g/mol. The van der Waals surface area contributed by atoms with Crippen LogP contribution in [0.1, 0.15) is 37.7 Å². The molecule has 1 saturated carbocycles. The first-order valence-electron chi connectivity index (χ1n) is 7.86. The second-order valence-electron chi connectivity index (χ2n) is 6.52. The molecule has 2 N–H and O–H groups in total. The maximum absolute atomic E-state index is 12.7. The van der Waals surface area contributed by atoms with Crippen LogP contribution >= 0.6 is 11.6 Å². The molecule has 0 aromatic heterocycles. The number of likely N-dealkylation sites (tertiary alicyclic amines) is 1. The third-order valence-electron chi connectivity index (χ3n) is 4.93. The number of carbonyl (C=O) groups is 1. The van der Waals surface area contributed by atoms with Gasteiger partial charge in [0.1, 0.15) is 0 Å². The van der Waals surface area contributed by atoms with Crippen LogP contribution in [0.25, 0.3) is 0 Å². The predicted octanol–water partition coefficient (Wildman–Crippen LogP) is 3.03. The van der Waals surface area contributed by atoms with Gasteiger partial charge in [-0.2, -0.15) is 0 Å². The fraction of sp³-hybridized carbons (Fsp3) is 0.588. The van der Waals surface area contributed by atoms with E-state index in [4.69, 9.17) is 17.3 Å². The van der Waals surface area contributed by atoms with E-state index in [-0.39, 0.29) is 12.0 Å². The number of amides is 1. The van der Waals surface area contributed by atoms with Crippen LogP contribution in [0.4, 0.5) is 0 Å². The molecule has 1 amide bonds. The van der Waals surface area contributed by atoms with Gasteiger partial charge in [0.25, 0.3) is 0 Å². The molecular weight excluding hydrogens is 284 g/mol. The van der Waals surface area contributed by atoms with Crippen LogP contribution in [0.5, 0.6) is 0 Å². The van der Waals surface area contributed by atoms with Crippen molar-refractivity contribution >= 4 is 17.5 Å². The van der Waals surface area contributed by atoms with Crippen LogP contribution in [-0.4, -0.2) is 29.9 Å². The molecule has 1 aliphatic carbocycles. The van der Waals surface area contributed by atoms with E-state index in [1.807, 2.05) is 36.1 Å². The summed E-state index contributed by atoms with van der Waals surface area (Å²) < 4.78 is 0. The van der Waals surface area contributed by atoms with Crippen molar-refractivity contribution in [2.24, 2.45) is 17.6 Å². The zero-order valence-electron chi connectivity index (χ0n) is 12.5. The van der Waals surface area contributed by atoms with Crippen molar-refractivity contribution in [1.29, 1.82) is 0 Å². The smallest absolute Gasteiger partial charge is 0.226 e. The van der Waals surface area contributed by atoms with Crippen molar-refractivity contribution in [3.63, 3.8) is 0 Å². The summed E-state index contributed by atoms with van der Waals surface area (Å²) >= 11 is 6.24. The molecule has 1 saturated heterocycles. The van der Waals surface area contributed by atoms with Gasteiger partial charge in [-0.15, -0.1) is 0 Å². The minimum absolute atomic E-state index is 0.122. The van der Waals surface area contributed by atoms with Gasteiger partial charge in [0.15, 0.2) is 0 Å². The quantitative estimate of drug-likeness (QED) is 0.933. The maximum atomic E-state index is 12.7. The van der Waals surface area contributed by atoms with E-state index in [0.29, 0.717) is 17.7 Å². The van der Waals surface area contributed by atoms with E-state index >= 15 is 0 Å². The maximum Gasteiger partial charge on any atom is 0.226 e. The van der Waals surface area contributed by atoms with Crippen LogP contribution in [0, 0.1) is 11.8 Å². The van der Waals surface area contributed by atoms with Gasteiger partial charge in [0.2, 0.25) is 5.91 Å². The summed E-state index contributed by atoms with van der Waals surface area (Å²) in [7, 11) is 0. The minimum Gasteiger partial charge on any atom is -0.342 e. The molecule has 0 unspecified atom stereocenters. The number of nitrogens with zero attached hydrogens (tertiary/aromatic N) is 1. The van der Waals surface area contributed by atoms with E-state index in [2.05, 4.69) is 0 Å². The van der Waals surface area contributed by atoms with Gasteiger partial charge in [-0.1, -0.05) is 29.8 Å². The first-order valence-corrected chi connectivity index (χ1v) is 8.24. The molecule has 1 aliphatic heterocycles. The highest BCUT2D eigenvalue weighted by molar-refractivity contribution is 6.31. The minimum atomic E-state index is 0.122. The van der Waals surface area contributed by atoms with Crippen LogP contribution in [0.15, 0.2) is 24.3 Å². The van der Waals surface area contributed by atoms with Crippen LogP contribution in [0.2, 0.25) is 5.02 Å². The Kier molecular flexibility index (Phi) is 4.23. The van der Waals surface area contributed by atoms with Gasteiger partial charge < -0.3 is 10.6 Å². The molecule has 3 nitrogen and oxygen atoms in total. The number of benzene rings is 1. The molecule has 0 radical (unpaired) electrons. The third kappa shape index (κ3) is 3.09. The molecule has 114 valence electrons. The fourth-order valence-electron chi connectivity index (χ4n) is 3.46. The topological polar surface area (TPSA) is 46.3 Å². The molecule has 2 fully saturated rings. The second-order valence-corrected chi connectivity index (χ2v) is 6.92. The zero-order chi connectivity index (χ0) is 15.0. The highest BCUT2D eigenvalue weighted by Crippen LogP contribution is 2.50. The van der Waals surface area contributed by atoms with Crippen molar-refractivity contribution in [1.82, 2.24) is 4.90 Å². The van der Waals surface area contributed by atoms with E-state index in [1.165, 1.54) is 0 Å². The van der Waals surface area contributed by atoms with Gasteiger partial charge in [-0.25, -0.2) is 0 Å². The molecule has 0 spiro atoms. The van der Waals surface area contributed by atoms with Crippen molar-refractivity contribution in [3.8, 4) is 0 Å². The number of rotatable bonds is 3. The Morgan fingerprint density at radius 3 is 2.90 bits per heavy atom. The Morgan fingerprint density at radius 2 is 2.19 bits per heavy atom. The average Bonchev–Trinajstić information content (AvgIpc) is 3.27.